The summed E-state index contributed by atoms with van der Waals surface area (Å²) in [6.45, 7) is -2.60. The summed E-state index contributed by atoms with van der Waals surface area (Å²) in [7, 11) is 0. The number of nitro groups is 1. The average molecular weight is 167 g/mol. The Kier molecular flexibility index (Phi) is 5.87. The van der Waals surface area contributed by atoms with Gasteiger partial charge in [-0.15, -0.1) is 0 Å². The van der Waals surface area contributed by atoms with Gasteiger partial charge in [-0.3, -0.25) is 10.1 Å². The minimum atomic E-state index is -1.99. The number of hydrogen-bond acceptors (Lipinski definition) is 5. The molecule has 0 aromatic heterocycles. The van der Waals surface area contributed by atoms with Crippen molar-refractivity contribution in [1.29, 1.82) is 0 Å². The van der Waals surface area contributed by atoms with Crippen LogP contribution in [0.15, 0.2) is 0 Å². The van der Waals surface area contributed by atoms with E-state index >= 15 is 0 Å². The second kappa shape index (κ2) is 5.00. The van der Waals surface area contributed by atoms with E-state index in [9.17, 15) is 10.1 Å². The Balaban J connectivity index is 0. The molecule has 0 saturated carbocycles. The summed E-state index contributed by atoms with van der Waals surface area (Å²) in [5, 5.41) is 35.2. The van der Waals surface area contributed by atoms with Gasteiger partial charge in [0.1, 0.15) is 19.8 Å². The highest BCUT2D eigenvalue weighted by Crippen LogP contribution is 2.05. The summed E-state index contributed by atoms with van der Waals surface area (Å²) in [5.41, 5.74) is -1.99. The van der Waals surface area contributed by atoms with Gasteiger partial charge in [-0.05, 0) is 0 Å². The van der Waals surface area contributed by atoms with E-state index in [2.05, 4.69) is 0 Å². The van der Waals surface area contributed by atoms with E-state index in [1.165, 1.54) is 0 Å². The Labute approximate surface area is 64.2 Å². The fourth-order valence-corrected chi connectivity index (χ4v) is 0.323. The van der Waals surface area contributed by atoms with Gasteiger partial charge in [0.05, 0.1) is 0 Å². The van der Waals surface area contributed by atoms with Gasteiger partial charge in [-0.2, -0.15) is 0 Å². The molecule has 0 radical (unpaired) electrons. The molecule has 0 aromatic carbocycles. The first-order chi connectivity index (χ1) is 4.63. The second-order valence-corrected chi connectivity index (χ2v) is 1.96. The Bertz CT molecular complexity index is 114. The monoisotopic (exact) mass is 167 g/mol. The van der Waals surface area contributed by atoms with E-state index in [1.54, 1.807) is 0 Å². The van der Waals surface area contributed by atoms with Crippen LogP contribution in [-0.4, -0.2) is 45.6 Å². The summed E-state index contributed by atoms with van der Waals surface area (Å²) < 4.78 is 0. The van der Waals surface area contributed by atoms with E-state index in [0.717, 1.165) is 0 Å². The molecule has 11 heavy (non-hydrogen) atoms. The van der Waals surface area contributed by atoms with Crippen molar-refractivity contribution < 1.29 is 20.2 Å². The van der Waals surface area contributed by atoms with Gasteiger partial charge in [0.25, 0.3) is 5.54 Å². The number of nitrogens with zero attached hydrogens (tertiary/aromatic N) is 1. The van der Waals surface area contributed by atoms with Gasteiger partial charge in [-0.1, -0.05) is 7.43 Å². The van der Waals surface area contributed by atoms with Crippen molar-refractivity contribution in [2.24, 2.45) is 0 Å². The quantitative estimate of drug-likeness (QED) is 0.353. The molecule has 0 aliphatic carbocycles. The molecule has 0 heterocycles. The molecule has 0 aromatic rings. The van der Waals surface area contributed by atoms with Crippen LogP contribution in [0, 0.1) is 10.1 Å². The van der Waals surface area contributed by atoms with Gasteiger partial charge >= 0.3 is 0 Å². The number of hydrogen-bond donors (Lipinski definition) is 3. The van der Waals surface area contributed by atoms with Crippen LogP contribution in [0.25, 0.3) is 0 Å². The first-order valence-corrected chi connectivity index (χ1v) is 2.60. The van der Waals surface area contributed by atoms with Gasteiger partial charge in [0, 0.05) is 4.92 Å². The molecule has 0 bridgehead atoms. The molecular weight excluding hydrogens is 154 g/mol. The predicted molar refractivity (Wildman–Crippen MR) is 37.7 cm³/mol. The summed E-state index contributed by atoms with van der Waals surface area (Å²) in [4.78, 5) is 9.14. The molecule has 0 rings (SSSR count). The van der Waals surface area contributed by atoms with Crippen molar-refractivity contribution in [1.82, 2.24) is 0 Å². The zero-order valence-electron chi connectivity index (χ0n) is 5.23. The zero-order valence-corrected chi connectivity index (χ0v) is 5.23. The van der Waals surface area contributed by atoms with Crippen LogP contribution in [-0.2, 0) is 0 Å². The maximum atomic E-state index is 10.0. The lowest BCUT2D eigenvalue weighted by Crippen LogP contribution is -2.49. The fourth-order valence-electron chi connectivity index (χ4n) is 0.323. The third-order valence-electron chi connectivity index (χ3n) is 1.27. The molecule has 6 heteroatoms. The molecule has 0 unspecified atom stereocenters. The highest BCUT2D eigenvalue weighted by molar-refractivity contribution is 4.75. The first-order valence-electron chi connectivity index (χ1n) is 2.60. The largest absolute Gasteiger partial charge is 0.389 e. The summed E-state index contributed by atoms with van der Waals surface area (Å²) in [5.74, 6) is 0. The third-order valence-corrected chi connectivity index (χ3v) is 1.27. The van der Waals surface area contributed by atoms with E-state index in [4.69, 9.17) is 15.3 Å². The molecule has 0 saturated heterocycles. The Morgan fingerprint density at radius 3 is 1.45 bits per heavy atom. The van der Waals surface area contributed by atoms with Crippen molar-refractivity contribution in [3.63, 3.8) is 0 Å². The Hall–Kier alpha value is -0.720. The van der Waals surface area contributed by atoms with Crippen LogP contribution in [0.3, 0.4) is 0 Å². The van der Waals surface area contributed by atoms with Gasteiger partial charge in [-0.25, -0.2) is 0 Å². The molecule has 0 spiro atoms. The maximum absolute atomic E-state index is 10.0. The minimum absolute atomic E-state index is 0. The second-order valence-electron chi connectivity index (χ2n) is 1.96. The SMILES string of the molecule is C.O=[N+]([O-])C(CO)(CO)CO. The van der Waals surface area contributed by atoms with Crippen LogP contribution in [0.5, 0.6) is 0 Å². The topological polar surface area (TPSA) is 104 Å². The standard InChI is InChI=1S/C4H9NO5.CH4/c6-1-4(2-7,3-8)5(9)10;/h6-8H,1-3H2;1H4. The van der Waals surface area contributed by atoms with Gasteiger partial charge in [0.2, 0.25) is 0 Å². The minimum Gasteiger partial charge on any atom is -0.389 e. The molecule has 0 amide bonds. The third kappa shape index (κ3) is 2.41. The lowest BCUT2D eigenvalue weighted by Gasteiger charge is -2.16. The van der Waals surface area contributed by atoms with Crippen LogP contribution in [0.4, 0.5) is 0 Å². The zero-order chi connectivity index (χ0) is 8.20. The van der Waals surface area contributed by atoms with Crippen molar-refractivity contribution in [3.05, 3.63) is 10.1 Å². The lowest BCUT2D eigenvalue weighted by atomic mass is 10.1. The fraction of sp³-hybridized carbons (Fsp3) is 1.00. The summed E-state index contributed by atoms with van der Waals surface area (Å²) in [6, 6.07) is 0. The van der Waals surface area contributed by atoms with E-state index in [1.807, 2.05) is 0 Å². The molecule has 0 aliphatic rings. The summed E-state index contributed by atoms with van der Waals surface area (Å²) in [6.07, 6.45) is 0. The van der Waals surface area contributed by atoms with Crippen LogP contribution in [0.2, 0.25) is 0 Å². The predicted octanol–water partition coefficient (Wildman–Crippen LogP) is -1.39. The molecule has 68 valence electrons. The molecule has 0 fully saturated rings. The maximum Gasteiger partial charge on any atom is 0.289 e. The van der Waals surface area contributed by atoms with Crippen LogP contribution < -0.4 is 0 Å². The van der Waals surface area contributed by atoms with Crippen LogP contribution in [0.1, 0.15) is 7.43 Å². The van der Waals surface area contributed by atoms with Crippen molar-refractivity contribution >= 4 is 0 Å². The average Bonchev–Trinajstić information content (AvgIpc) is 1.92. The molecule has 3 N–H and O–H groups in total. The van der Waals surface area contributed by atoms with E-state index in [-0.39, 0.29) is 7.43 Å². The van der Waals surface area contributed by atoms with Gasteiger partial charge in [0.15, 0.2) is 0 Å². The molecule has 0 atom stereocenters. The number of rotatable bonds is 4. The molecule has 6 nitrogen and oxygen atoms in total. The van der Waals surface area contributed by atoms with Crippen molar-refractivity contribution in [2.75, 3.05) is 19.8 Å². The van der Waals surface area contributed by atoms with E-state index in [0.29, 0.717) is 0 Å². The smallest absolute Gasteiger partial charge is 0.289 e. The number of aliphatic hydroxyl groups excluding tert-OH is 3. The van der Waals surface area contributed by atoms with Crippen molar-refractivity contribution in [3.8, 4) is 0 Å². The van der Waals surface area contributed by atoms with Crippen LogP contribution >= 0.6 is 0 Å². The summed E-state index contributed by atoms with van der Waals surface area (Å²) >= 11 is 0. The highest BCUT2D eigenvalue weighted by Gasteiger charge is 2.41. The molecular formula is C5H13NO5. The van der Waals surface area contributed by atoms with Crippen molar-refractivity contribution in [2.45, 2.75) is 13.0 Å². The number of aliphatic hydroxyl groups is 3. The normalized spacial score (nSPS) is 10.5. The van der Waals surface area contributed by atoms with Gasteiger partial charge < -0.3 is 15.3 Å². The lowest BCUT2D eigenvalue weighted by molar-refractivity contribution is -0.580. The Morgan fingerprint density at radius 2 is 1.45 bits per heavy atom. The molecule has 0 aliphatic heterocycles. The highest BCUT2D eigenvalue weighted by atomic mass is 16.6. The Morgan fingerprint density at radius 1 is 1.18 bits per heavy atom. The van der Waals surface area contributed by atoms with E-state index < -0.39 is 30.3 Å². The first kappa shape index (κ1) is 12.9.